The van der Waals surface area contributed by atoms with E-state index in [0.717, 1.165) is 5.56 Å². The highest BCUT2D eigenvalue weighted by atomic mass is 16.5. The maximum Gasteiger partial charge on any atom is 0.375 e. The Morgan fingerprint density at radius 1 is 0.929 bits per heavy atom. The van der Waals surface area contributed by atoms with Gasteiger partial charge in [-0.1, -0.05) is 42.5 Å². The van der Waals surface area contributed by atoms with Crippen LogP contribution < -0.4 is 0 Å². The number of nitrogens with zero attached hydrogens (tertiary/aromatic N) is 2. The number of carbonyl (C=O) groups excluding carboxylic acids is 2. The quantitative estimate of drug-likeness (QED) is 0.379. The minimum atomic E-state index is -0.851. The predicted octanol–water partition coefficient (Wildman–Crippen LogP) is 3.74. The first kappa shape index (κ1) is 17.6. The van der Waals surface area contributed by atoms with E-state index in [4.69, 9.17) is 9.15 Å². The van der Waals surface area contributed by atoms with Crippen LogP contribution in [0.1, 0.15) is 11.1 Å². The van der Waals surface area contributed by atoms with Crippen molar-refractivity contribution in [3.8, 4) is 11.6 Å². The van der Waals surface area contributed by atoms with Gasteiger partial charge in [0, 0.05) is 12.6 Å². The second-order valence-corrected chi connectivity index (χ2v) is 6.20. The molecule has 0 amide bonds. The molecule has 0 fully saturated rings. The van der Waals surface area contributed by atoms with Gasteiger partial charge >= 0.3 is 5.97 Å². The molecule has 2 aromatic carbocycles. The van der Waals surface area contributed by atoms with Crippen LogP contribution >= 0.6 is 0 Å². The fraction of sp³-hybridized carbons (Fsp3) is 0.0909. The molecule has 0 aliphatic heterocycles. The topological polar surface area (TPSA) is 82.3 Å². The number of benzene rings is 2. The van der Waals surface area contributed by atoms with Crippen LogP contribution in [0.3, 0.4) is 0 Å². The van der Waals surface area contributed by atoms with Crippen molar-refractivity contribution in [1.82, 2.24) is 9.97 Å². The molecule has 0 atom stereocenters. The predicted molar refractivity (Wildman–Crippen MR) is 102 cm³/mol. The summed E-state index contributed by atoms with van der Waals surface area (Å²) in [5, 5.41) is 0. The van der Waals surface area contributed by atoms with Crippen LogP contribution in [0.5, 0.6) is 0 Å². The van der Waals surface area contributed by atoms with Crippen molar-refractivity contribution in [2.45, 2.75) is 13.0 Å². The molecule has 0 spiro atoms. The molecule has 0 N–H and O–H groups in total. The summed E-state index contributed by atoms with van der Waals surface area (Å²) < 4.78 is 10.8. The van der Waals surface area contributed by atoms with Gasteiger partial charge in [0.05, 0.1) is 0 Å². The maximum absolute atomic E-state index is 12.2. The monoisotopic (exact) mass is 372 g/mol. The van der Waals surface area contributed by atoms with Crippen LogP contribution in [0.2, 0.25) is 0 Å². The molecule has 0 saturated heterocycles. The van der Waals surface area contributed by atoms with Gasteiger partial charge in [0.1, 0.15) is 17.8 Å². The molecular weight excluding hydrogens is 356 g/mol. The highest BCUT2D eigenvalue weighted by Gasteiger charge is 2.17. The van der Waals surface area contributed by atoms with E-state index in [9.17, 15) is 9.59 Å². The van der Waals surface area contributed by atoms with Gasteiger partial charge in [0.25, 0.3) is 0 Å². The van der Waals surface area contributed by atoms with Crippen LogP contribution in [-0.2, 0) is 27.4 Å². The summed E-state index contributed by atoms with van der Waals surface area (Å²) >= 11 is 0. The first-order valence-corrected chi connectivity index (χ1v) is 8.74. The third kappa shape index (κ3) is 3.96. The minimum Gasteiger partial charge on any atom is -0.455 e. The van der Waals surface area contributed by atoms with E-state index in [0.29, 0.717) is 28.2 Å². The van der Waals surface area contributed by atoms with Gasteiger partial charge in [-0.25, -0.2) is 9.78 Å². The van der Waals surface area contributed by atoms with Crippen LogP contribution in [0, 0.1) is 0 Å². The van der Waals surface area contributed by atoms with Crippen LogP contribution in [-0.4, -0.2) is 21.7 Å². The highest BCUT2D eigenvalue weighted by Crippen LogP contribution is 2.23. The first-order valence-electron chi connectivity index (χ1n) is 8.74. The molecule has 0 saturated carbocycles. The van der Waals surface area contributed by atoms with Gasteiger partial charge in [-0.15, -0.1) is 0 Å². The summed E-state index contributed by atoms with van der Waals surface area (Å²) in [6, 6.07) is 19.9. The largest absolute Gasteiger partial charge is 0.455 e. The number of pyridine rings is 1. The Morgan fingerprint density at radius 2 is 1.75 bits per heavy atom. The molecule has 0 radical (unpaired) electrons. The summed E-state index contributed by atoms with van der Waals surface area (Å²) in [4.78, 5) is 32.7. The van der Waals surface area contributed by atoms with E-state index in [1.807, 2.05) is 42.5 Å². The second kappa shape index (κ2) is 7.84. The van der Waals surface area contributed by atoms with Crippen molar-refractivity contribution < 1.29 is 18.7 Å². The molecule has 0 aliphatic carbocycles. The zero-order chi connectivity index (χ0) is 19.3. The standard InChI is InChI=1S/C22H16N2O4/c25-19(22(26)27-14-15-6-2-1-3-7-15)12-16-9-10-17-20(13-16)28-21(24-17)18-8-4-5-11-23-18/h1-11,13H,12,14H2. The lowest BCUT2D eigenvalue weighted by atomic mass is 10.1. The number of hydrogen-bond acceptors (Lipinski definition) is 6. The fourth-order valence-corrected chi connectivity index (χ4v) is 2.74. The minimum absolute atomic E-state index is 0.0663. The number of ether oxygens (including phenoxy) is 1. The van der Waals surface area contributed by atoms with E-state index in [1.54, 1.807) is 30.5 Å². The Hall–Kier alpha value is -3.80. The Bertz CT molecular complexity index is 1120. The van der Waals surface area contributed by atoms with Crippen molar-refractivity contribution in [3.63, 3.8) is 0 Å². The summed E-state index contributed by atoms with van der Waals surface area (Å²) in [7, 11) is 0. The number of aromatic nitrogens is 2. The third-order valence-electron chi connectivity index (χ3n) is 4.14. The number of esters is 1. The van der Waals surface area contributed by atoms with Crippen molar-refractivity contribution >= 4 is 22.9 Å². The maximum atomic E-state index is 12.2. The van der Waals surface area contributed by atoms with Gasteiger partial charge < -0.3 is 9.15 Å². The zero-order valence-electron chi connectivity index (χ0n) is 14.9. The molecule has 0 aliphatic rings. The Balaban J connectivity index is 1.44. The summed E-state index contributed by atoms with van der Waals surface area (Å²) in [5.74, 6) is -1.06. The number of rotatable bonds is 6. The molecule has 2 heterocycles. The van der Waals surface area contributed by atoms with Gasteiger partial charge in [-0.2, -0.15) is 0 Å². The number of ketones is 1. The third-order valence-corrected chi connectivity index (χ3v) is 4.14. The number of oxazole rings is 1. The fourth-order valence-electron chi connectivity index (χ4n) is 2.74. The average Bonchev–Trinajstić information content (AvgIpc) is 3.17. The number of hydrogen-bond donors (Lipinski definition) is 0. The van der Waals surface area contributed by atoms with Crippen molar-refractivity contribution in [2.24, 2.45) is 0 Å². The van der Waals surface area contributed by atoms with Crippen molar-refractivity contribution in [2.75, 3.05) is 0 Å². The normalized spacial score (nSPS) is 10.7. The molecule has 138 valence electrons. The van der Waals surface area contributed by atoms with Gasteiger partial charge in [-0.3, -0.25) is 9.78 Å². The lowest BCUT2D eigenvalue weighted by Gasteiger charge is -2.04. The van der Waals surface area contributed by atoms with Crippen LogP contribution in [0.4, 0.5) is 0 Å². The highest BCUT2D eigenvalue weighted by molar-refractivity contribution is 6.34. The van der Waals surface area contributed by atoms with Crippen LogP contribution in [0.15, 0.2) is 77.3 Å². The lowest BCUT2D eigenvalue weighted by Crippen LogP contribution is -2.19. The first-order chi connectivity index (χ1) is 13.7. The smallest absolute Gasteiger partial charge is 0.375 e. The number of fused-ring (bicyclic) bond motifs is 1. The molecule has 6 heteroatoms. The lowest BCUT2D eigenvalue weighted by molar-refractivity contribution is -0.154. The van der Waals surface area contributed by atoms with Gasteiger partial charge in [0.2, 0.25) is 11.7 Å². The number of carbonyl (C=O) groups is 2. The van der Waals surface area contributed by atoms with E-state index < -0.39 is 11.8 Å². The Morgan fingerprint density at radius 3 is 2.54 bits per heavy atom. The van der Waals surface area contributed by atoms with E-state index in [2.05, 4.69) is 9.97 Å². The van der Waals surface area contributed by atoms with E-state index >= 15 is 0 Å². The zero-order valence-corrected chi connectivity index (χ0v) is 14.9. The molecule has 6 nitrogen and oxygen atoms in total. The molecule has 4 rings (SSSR count). The van der Waals surface area contributed by atoms with E-state index in [-0.39, 0.29) is 13.0 Å². The molecule has 2 aromatic heterocycles. The SMILES string of the molecule is O=C(Cc1ccc2nc(-c3ccccn3)oc2c1)C(=O)OCc1ccccc1. The Kier molecular flexibility index (Phi) is 4.93. The molecule has 0 unspecified atom stereocenters. The Labute approximate surface area is 160 Å². The molecular formula is C22H16N2O4. The average molecular weight is 372 g/mol. The summed E-state index contributed by atoms with van der Waals surface area (Å²) in [5.41, 5.74) is 3.29. The van der Waals surface area contributed by atoms with Crippen LogP contribution in [0.25, 0.3) is 22.7 Å². The van der Waals surface area contributed by atoms with E-state index in [1.165, 1.54) is 0 Å². The molecule has 4 aromatic rings. The van der Waals surface area contributed by atoms with Crippen molar-refractivity contribution in [1.29, 1.82) is 0 Å². The van der Waals surface area contributed by atoms with Gasteiger partial charge in [-0.05, 0) is 35.4 Å². The van der Waals surface area contributed by atoms with Crippen molar-refractivity contribution in [3.05, 3.63) is 84.1 Å². The summed E-state index contributed by atoms with van der Waals surface area (Å²) in [6.07, 6.45) is 1.60. The van der Waals surface area contributed by atoms with Gasteiger partial charge in [0.15, 0.2) is 5.58 Å². The number of Topliss-reactive ketones (excluding diaryl/α,β-unsaturated/α-hetero) is 1. The molecule has 0 bridgehead atoms. The second-order valence-electron chi connectivity index (χ2n) is 6.20. The summed E-state index contributed by atoms with van der Waals surface area (Å²) in [6.45, 7) is 0.0694. The molecule has 28 heavy (non-hydrogen) atoms.